The molecule has 32 heavy (non-hydrogen) atoms. The van der Waals surface area contributed by atoms with Crippen molar-refractivity contribution in [1.29, 1.82) is 0 Å². The van der Waals surface area contributed by atoms with Crippen molar-refractivity contribution < 1.29 is 23.1 Å². The van der Waals surface area contributed by atoms with Crippen LogP contribution in [0.4, 0.5) is 5.69 Å². The normalized spacial score (nSPS) is 15.4. The van der Waals surface area contributed by atoms with Gasteiger partial charge in [0.1, 0.15) is 10.1 Å². The summed E-state index contributed by atoms with van der Waals surface area (Å²) in [5.41, 5.74) is 0.836. The average molecular weight is 512 g/mol. The lowest BCUT2D eigenvalue weighted by atomic mass is 10.2. The number of halogens is 1. The van der Waals surface area contributed by atoms with Gasteiger partial charge in [-0.1, -0.05) is 35.6 Å². The molecule has 0 aromatic heterocycles. The molecule has 0 unspecified atom stereocenters. The summed E-state index contributed by atoms with van der Waals surface area (Å²) in [6.07, 6.45) is 2.02. The predicted molar refractivity (Wildman–Crippen MR) is 129 cm³/mol. The molecule has 0 spiro atoms. The summed E-state index contributed by atoms with van der Waals surface area (Å²) in [5.74, 6) is -0.606. The highest BCUT2D eigenvalue weighted by atomic mass is 35.5. The van der Waals surface area contributed by atoms with Crippen LogP contribution in [0, 0.1) is 0 Å². The zero-order valence-electron chi connectivity index (χ0n) is 16.4. The minimum Gasteiger partial charge on any atom is -0.507 e. The van der Waals surface area contributed by atoms with Crippen molar-refractivity contribution in [2.75, 3.05) is 11.9 Å². The second kappa shape index (κ2) is 10.0. The first-order valence-electron chi connectivity index (χ1n) is 9.21. The van der Waals surface area contributed by atoms with E-state index in [0.29, 0.717) is 31.9 Å². The van der Waals surface area contributed by atoms with Gasteiger partial charge < -0.3 is 10.4 Å². The van der Waals surface area contributed by atoms with Gasteiger partial charge in [0.05, 0.1) is 9.80 Å². The van der Waals surface area contributed by atoms with Crippen LogP contribution in [-0.4, -0.2) is 41.1 Å². The van der Waals surface area contributed by atoms with Crippen LogP contribution in [0.25, 0.3) is 6.08 Å². The zero-order chi connectivity index (χ0) is 23.5. The number of rotatable bonds is 7. The Morgan fingerprint density at radius 1 is 1.25 bits per heavy atom. The molecule has 1 heterocycles. The Bertz CT molecular complexity index is 1210. The van der Waals surface area contributed by atoms with Gasteiger partial charge in [0, 0.05) is 29.2 Å². The summed E-state index contributed by atoms with van der Waals surface area (Å²) < 4.78 is 22.9. The number of carbonyl (C=O) groups is 2. The second-order valence-electron chi connectivity index (χ2n) is 6.76. The molecule has 0 bridgehead atoms. The smallest absolute Gasteiger partial charge is 0.266 e. The Labute approximate surface area is 199 Å². The van der Waals surface area contributed by atoms with Crippen molar-refractivity contribution in [1.82, 2.24) is 4.90 Å². The number of nitrogens with two attached hydrogens (primary N) is 1. The molecule has 0 saturated carbocycles. The number of phenols is 1. The van der Waals surface area contributed by atoms with Crippen molar-refractivity contribution in [3.63, 3.8) is 0 Å². The summed E-state index contributed by atoms with van der Waals surface area (Å²) in [6, 6.07) is 10.0. The van der Waals surface area contributed by atoms with E-state index in [1.807, 2.05) is 0 Å². The number of anilines is 1. The molecule has 1 aliphatic rings. The number of thioether (sulfide) groups is 1. The number of carbonyl (C=O) groups excluding carboxylic acids is 2. The summed E-state index contributed by atoms with van der Waals surface area (Å²) in [5, 5.41) is 18.1. The lowest BCUT2D eigenvalue weighted by molar-refractivity contribution is -0.122. The largest absolute Gasteiger partial charge is 0.507 e. The van der Waals surface area contributed by atoms with E-state index in [0.717, 1.165) is 11.8 Å². The highest BCUT2D eigenvalue weighted by Gasteiger charge is 2.31. The van der Waals surface area contributed by atoms with Gasteiger partial charge in [0.15, 0.2) is 0 Å². The predicted octanol–water partition coefficient (Wildman–Crippen LogP) is 3.31. The van der Waals surface area contributed by atoms with Gasteiger partial charge in [-0.3, -0.25) is 14.5 Å². The number of phenolic OH excluding ortho intramolecular Hbond substituents is 1. The Morgan fingerprint density at radius 3 is 2.59 bits per heavy atom. The maximum absolute atomic E-state index is 12.7. The van der Waals surface area contributed by atoms with Gasteiger partial charge in [0.25, 0.3) is 5.91 Å². The molecular formula is C20H18ClN3O5S3. The van der Waals surface area contributed by atoms with E-state index >= 15 is 0 Å². The number of thiocarbonyl (C=S) groups is 1. The molecule has 0 radical (unpaired) electrons. The fourth-order valence-corrected chi connectivity index (χ4v) is 4.82. The minimum atomic E-state index is -3.80. The third-order valence-electron chi connectivity index (χ3n) is 4.40. The lowest BCUT2D eigenvalue weighted by Crippen LogP contribution is -2.29. The van der Waals surface area contributed by atoms with Crippen LogP contribution in [0.1, 0.15) is 18.4 Å². The van der Waals surface area contributed by atoms with Crippen LogP contribution in [0.15, 0.2) is 52.3 Å². The highest BCUT2D eigenvalue weighted by Crippen LogP contribution is 2.34. The van der Waals surface area contributed by atoms with E-state index in [-0.39, 0.29) is 35.4 Å². The number of primary sulfonamides is 1. The Morgan fingerprint density at radius 2 is 1.94 bits per heavy atom. The fourth-order valence-electron chi connectivity index (χ4n) is 2.82. The van der Waals surface area contributed by atoms with Crippen LogP contribution in [-0.2, 0) is 19.6 Å². The zero-order valence-corrected chi connectivity index (χ0v) is 19.7. The van der Waals surface area contributed by atoms with Crippen LogP contribution in [0.2, 0.25) is 5.02 Å². The van der Waals surface area contributed by atoms with Crippen LogP contribution in [0.3, 0.4) is 0 Å². The number of aromatic hydroxyl groups is 1. The van der Waals surface area contributed by atoms with Crippen LogP contribution in [0.5, 0.6) is 5.75 Å². The van der Waals surface area contributed by atoms with Crippen molar-refractivity contribution in [2.24, 2.45) is 5.14 Å². The Balaban J connectivity index is 1.55. The van der Waals surface area contributed by atoms with E-state index in [1.54, 1.807) is 12.1 Å². The number of hydrogen-bond donors (Lipinski definition) is 3. The molecule has 1 fully saturated rings. The summed E-state index contributed by atoms with van der Waals surface area (Å²) in [6.45, 7) is 0.251. The van der Waals surface area contributed by atoms with E-state index < -0.39 is 10.0 Å². The van der Waals surface area contributed by atoms with E-state index in [2.05, 4.69) is 5.32 Å². The maximum atomic E-state index is 12.7. The first kappa shape index (κ1) is 24.2. The summed E-state index contributed by atoms with van der Waals surface area (Å²) in [4.78, 5) is 26.5. The number of hydrogen-bond acceptors (Lipinski definition) is 7. The third kappa shape index (κ3) is 6.08. The molecule has 3 rings (SSSR count). The van der Waals surface area contributed by atoms with Gasteiger partial charge >= 0.3 is 0 Å². The second-order valence-corrected chi connectivity index (χ2v) is 10.4. The minimum absolute atomic E-state index is 0.00608. The van der Waals surface area contributed by atoms with E-state index in [4.69, 9.17) is 29.0 Å². The van der Waals surface area contributed by atoms with Crippen molar-refractivity contribution in [3.8, 4) is 5.75 Å². The molecular weight excluding hydrogens is 494 g/mol. The summed E-state index contributed by atoms with van der Waals surface area (Å²) >= 11 is 12.3. The monoisotopic (exact) mass is 511 g/mol. The van der Waals surface area contributed by atoms with Gasteiger partial charge in [-0.2, -0.15) is 0 Å². The number of nitrogens with zero attached hydrogens (tertiary/aromatic N) is 1. The molecule has 8 nitrogen and oxygen atoms in total. The topological polar surface area (TPSA) is 130 Å². The Kier molecular flexibility index (Phi) is 7.57. The number of sulfonamides is 1. The maximum Gasteiger partial charge on any atom is 0.266 e. The summed E-state index contributed by atoms with van der Waals surface area (Å²) in [7, 11) is -3.80. The SMILES string of the molecule is NS(=O)(=O)c1ccc(NC(=O)CCCN2C(=O)/C(=C/c3cc(Cl)ccc3O)SC2=S)cc1. The Hall–Kier alpha value is -2.44. The highest BCUT2D eigenvalue weighted by molar-refractivity contribution is 8.26. The van der Waals surface area contributed by atoms with Gasteiger partial charge in [0.2, 0.25) is 15.9 Å². The molecule has 2 aromatic rings. The van der Waals surface area contributed by atoms with Crippen molar-refractivity contribution in [2.45, 2.75) is 17.7 Å². The first-order chi connectivity index (χ1) is 15.0. The molecule has 4 N–H and O–H groups in total. The van der Waals surface area contributed by atoms with Crippen LogP contribution >= 0.6 is 35.6 Å². The molecule has 2 aromatic carbocycles. The fraction of sp³-hybridized carbons (Fsp3) is 0.150. The van der Waals surface area contributed by atoms with E-state index in [9.17, 15) is 23.1 Å². The molecule has 2 amide bonds. The first-order valence-corrected chi connectivity index (χ1v) is 12.4. The van der Waals surface area contributed by atoms with Crippen LogP contribution < -0.4 is 10.5 Å². The quantitative estimate of drug-likeness (QED) is 0.384. The van der Waals surface area contributed by atoms with Gasteiger partial charge in [-0.25, -0.2) is 13.6 Å². The standard InChI is InChI=1S/C20H18ClN3O5S3/c21-13-3-8-16(25)12(10-13)11-17-19(27)24(20(30)31-17)9-1-2-18(26)23-14-4-6-15(7-5-14)32(22,28)29/h3-8,10-11,25H,1-2,9H2,(H,23,26)(H2,22,28,29)/b17-11-. The van der Waals surface area contributed by atoms with Crippen molar-refractivity contribution in [3.05, 3.63) is 58.0 Å². The van der Waals surface area contributed by atoms with E-state index in [1.165, 1.54) is 41.3 Å². The molecule has 168 valence electrons. The third-order valence-corrected chi connectivity index (χ3v) is 6.94. The average Bonchev–Trinajstić information content (AvgIpc) is 2.98. The number of amides is 2. The molecule has 0 aliphatic carbocycles. The lowest BCUT2D eigenvalue weighted by Gasteiger charge is -2.14. The molecule has 0 atom stereocenters. The number of benzene rings is 2. The van der Waals surface area contributed by atoms with Gasteiger partial charge in [-0.15, -0.1) is 0 Å². The molecule has 1 aliphatic heterocycles. The van der Waals surface area contributed by atoms with Gasteiger partial charge in [-0.05, 0) is 55.0 Å². The molecule has 1 saturated heterocycles. The van der Waals surface area contributed by atoms with Crippen molar-refractivity contribution >= 4 is 73.5 Å². The number of nitrogens with one attached hydrogen (secondary N) is 1. The molecule has 12 heteroatoms.